The minimum Gasteiger partial charge on any atom is -0.322 e. The van der Waals surface area contributed by atoms with Crippen molar-refractivity contribution in [1.29, 1.82) is 0 Å². The predicted octanol–water partition coefficient (Wildman–Crippen LogP) is 2.87. The number of nitrogens with zero attached hydrogens (tertiary/aromatic N) is 2. The Bertz CT molecular complexity index is 985. The van der Waals surface area contributed by atoms with Crippen molar-refractivity contribution in [2.45, 2.75) is 13.0 Å². The second kappa shape index (κ2) is 6.19. The van der Waals surface area contributed by atoms with Crippen molar-refractivity contribution in [3.8, 4) is 0 Å². The number of nitrogens with one attached hydrogen (secondary N) is 1. The topological polar surface area (TPSA) is 64.0 Å². The third-order valence-electron chi connectivity index (χ3n) is 3.68. The zero-order chi connectivity index (χ0) is 17.3. The maximum atomic E-state index is 13.6. The summed E-state index contributed by atoms with van der Waals surface area (Å²) in [6, 6.07) is 8.68. The van der Waals surface area contributed by atoms with E-state index in [-0.39, 0.29) is 11.2 Å². The van der Waals surface area contributed by atoms with E-state index in [0.717, 1.165) is 12.1 Å². The van der Waals surface area contributed by atoms with Crippen molar-refractivity contribution in [3.05, 3.63) is 70.8 Å². The number of carbonyl (C=O) groups is 1. The van der Waals surface area contributed by atoms with E-state index in [1.807, 2.05) is 0 Å². The summed E-state index contributed by atoms with van der Waals surface area (Å²) in [7, 11) is 0. The van der Waals surface area contributed by atoms with Crippen LogP contribution in [0, 0.1) is 11.6 Å². The van der Waals surface area contributed by atoms with E-state index in [9.17, 15) is 18.4 Å². The monoisotopic (exact) mass is 329 g/mol. The van der Waals surface area contributed by atoms with E-state index in [1.165, 1.54) is 17.8 Å². The van der Waals surface area contributed by atoms with Crippen LogP contribution in [0.4, 0.5) is 14.5 Å². The first-order valence-electron chi connectivity index (χ1n) is 7.19. The van der Waals surface area contributed by atoms with Gasteiger partial charge < -0.3 is 5.32 Å². The lowest BCUT2D eigenvalue weighted by Crippen LogP contribution is -2.32. The van der Waals surface area contributed by atoms with Crippen LogP contribution in [-0.4, -0.2) is 15.5 Å². The van der Waals surface area contributed by atoms with Crippen molar-refractivity contribution >= 4 is 22.5 Å². The molecule has 0 spiro atoms. The highest BCUT2D eigenvalue weighted by Crippen LogP contribution is 2.17. The standard InChI is InChI=1S/C17H13F2N3O2/c1-10(16(23)21-15-7-6-11(18)8-13(15)19)22-9-20-14-5-3-2-4-12(14)17(22)24/h2-10H,1H3,(H,21,23). The van der Waals surface area contributed by atoms with Crippen molar-refractivity contribution in [3.63, 3.8) is 0 Å². The van der Waals surface area contributed by atoms with Crippen molar-refractivity contribution in [2.75, 3.05) is 5.32 Å². The molecule has 1 atom stereocenters. The van der Waals surface area contributed by atoms with Gasteiger partial charge in [0.05, 0.1) is 22.9 Å². The third kappa shape index (κ3) is 2.88. The molecule has 0 aliphatic carbocycles. The number of amides is 1. The molecule has 7 heteroatoms. The molecular formula is C17H13F2N3O2. The van der Waals surface area contributed by atoms with E-state index in [1.54, 1.807) is 24.3 Å². The van der Waals surface area contributed by atoms with Crippen LogP contribution in [-0.2, 0) is 4.79 Å². The van der Waals surface area contributed by atoms with E-state index in [2.05, 4.69) is 10.3 Å². The van der Waals surface area contributed by atoms with Crippen LogP contribution < -0.4 is 10.9 Å². The van der Waals surface area contributed by atoms with E-state index in [0.29, 0.717) is 17.0 Å². The molecule has 1 heterocycles. The van der Waals surface area contributed by atoms with Gasteiger partial charge >= 0.3 is 0 Å². The molecule has 2 aromatic carbocycles. The lowest BCUT2D eigenvalue weighted by atomic mass is 10.2. The van der Waals surface area contributed by atoms with Crippen LogP contribution in [0.25, 0.3) is 10.9 Å². The van der Waals surface area contributed by atoms with Gasteiger partial charge in [-0.1, -0.05) is 12.1 Å². The summed E-state index contributed by atoms with van der Waals surface area (Å²) in [5.41, 5.74) is -0.00573. The van der Waals surface area contributed by atoms with Crippen molar-refractivity contribution in [2.24, 2.45) is 0 Å². The molecule has 1 aromatic heterocycles. The second-order valence-electron chi connectivity index (χ2n) is 5.26. The maximum absolute atomic E-state index is 13.6. The van der Waals surface area contributed by atoms with Gasteiger partial charge in [0.15, 0.2) is 0 Å². The second-order valence-corrected chi connectivity index (χ2v) is 5.26. The zero-order valence-corrected chi connectivity index (χ0v) is 12.7. The third-order valence-corrected chi connectivity index (χ3v) is 3.68. The summed E-state index contributed by atoms with van der Waals surface area (Å²) in [6.07, 6.45) is 1.27. The Hall–Kier alpha value is -3.09. The lowest BCUT2D eigenvalue weighted by Gasteiger charge is -2.15. The summed E-state index contributed by atoms with van der Waals surface area (Å²) < 4.78 is 27.7. The Morgan fingerprint density at radius 1 is 1.21 bits per heavy atom. The average molecular weight is 329 g/mol. The molecule has 0 saturated heterocycles. The first-order valence-corrected chi connectivity index (χ1v) is 7.19. The average Bonchev–Trinajstić information content (AvgIpc) is 2.57. The number of aromatic nitrogens is 2. The fourth-order valence-corrected chi connectivity index (χ4v) is 2.31. The molecule has 24 heavy (non-hydrogen) atoms. The highest BCUT2D eigenvalue weighted by molar-refractivity contribution is 5.93. The quantitative estimate of drug-likeness (QED) is 0.803. The summed E-state index contributed by atoms with van der Waals surface area (Å²) in [5, 5.41) is 2.72. The van der Waals surface area contributed by atoms with Crippen LogP contribution in [0.3, 0.4) is 0 Å². The number of hydrogen-bond acceptors (Lipinski definition) is 3. The summed E-state index contributed by atoms with van der Waals surface area (Å²) in [4.78, 5) is 28.9. The van der Waals surface area contributed by atoms with E-state index >= 15 is 0 Å². The van der Waals surface area contributed by atoms with Gasteiger partial charge in [-0.25, -0.2) is 13.8 Å². The molecule has 0 aliphatic rings. The molecule has 3 rings (SSSR count). The molecule has 3 aromatic rings. The fourth-order valence-electron chi connectivity index (χ4n) is 2.31. The van der Waals surface area contributed by atoms with E-state index < -0.39 is 23.6 Å². The summed E-state index contributed by atoms with van der Waals surface area (Å²) >= 11 is 0. The van der Waals surface area contributed by atoms with Crippen LogP contribution in [0.15, 0.2) is 53.6 Å². The van der Waals surface area contributed by atoms with Gasteiger partial charge in [-0.3, -0.25) is 14.2 Å². The first-order chi connectivity index (χ1) is 11.5. The van der Waals surface area contributed by atoms with Gasteiger partial charge in [-0.2, -0.15) is 0 Å². The number of benzene rings is 2. The Balaban J connectivity index is 1.91. The normalized spacial score (nSPS) is 12.1. The highest BCUT2D eigenvalue weighted by atomic mass is 19.1. The number of para-hydroxylation sites is 1. The fraction of sp³-hybridized carbons (Fsp3) is 0.118. The highest BCUT2D eigenvalue weighted by Gasteiger charge is 2.19. The molecular weight excluding hydrogens is 316 g/mol. The molecule has 5 nitrogen and oxygen atoms in total. The number of halogens is 2. The van der Waals surface area contributed by atoms with Gasteiger partial charge in [0, 0.05) is 6.07 Å². The van der Waals surface area contributed by atoms with Crippen LogP contribution in [0.2, 0.25) is 0 Å². The smallest absolute Gasteiger partial charge is 0.261 e. The molecule has 1 amide bonds. The molecule has 1 unspecified atom stereocenters. The van der Waals surface area contributed by atoms with Crippen LogP contribution in [0.5, 0.6) is 0 Å². The molecule has 0 fully saturated rings. The Kier molecular flexibility index (Phi) is 4.07. The predicted molar refractivity (Wildman–Crippen MR) is 85.7 cm³/mol. The van der Waals surface area contributed by atoms with Crippen LogP contribution >= 0.6 is 0 Å². The summed E-state index contributed by atoms with van der Waals surface area (Å²) in [6.45, 7) is 1.49. The number of rotatable bonds is 3. The largest absolute Gasteiger partial charge is 0.322 e. The van der Waals surface area contributed by atoms with Gasteiger partial charge in [0.2, 0.25) is 5.91 Å². The molecule has 0 radical (unpaired) electrons. The molecule has 122 valence electrons. The Morgan fingerprint density at radius 2 is 1.96 bits per heavy atom. The van der Waals surface area contributed by atoms with Gasteiger partial charge in [-0.05, 0) is 31.2 Å². The van der Waals surface area contributed by atoms with E-state index in [4.69, 9.17) is 0 Å². The van der Waals surface area contributed by atoms with Gasteiger partial charge in [0.25, 0.3) is 5.56 Å². The number of hydrogen-bond donors (Lipinski definition) is 1. The van der Waals surface area contributed by atoms with Crippen molar-refractivity contribution < 1.29 is 13.6 Å². The summed E-state index contributed by atoms with van der Waals surface area (Å²) in [5.74, 6) is -2.24. The lowest BCUT2D eigenvalue weighted by molar-refractivity contribution is -0.118. The number of anilines is 1. The molecule has 0 aliphatic heterocycles. The number of carbonyl (C=O) groups excluding carboxylic acids is 1. The van der Waals surface area contributed by atoms with Gasteiger partial charge in [0.1, 0.15) is 17.7 Å². The first kappa shape index (κ1) is 15.8. The van der Waals surface area contributed by atoms with Crippen LogP contribution in [0.1, 0.15) is 13.0 Å². The SMILES string of the molecule is CC(C(=O)Nc1ccc(F)cc1F)n1cnc2ccccc2c1=O. The molecule has 0 saturated carbocycles. The zero-order valence-electron chi connectivity index (χ0n) is 12.7. The minimum absolute atomic E-state index is 0.157. The molecule has 1 N–H and O–H groups in total. The Morgan fingerprint density at radius 3 is 2.71 bits per heavy atom. The van der Waals surface area contributed by atoms with Gasteiger partial charge in [-0.15, -0.1) is 0 Å². The van der Waals surface area contributed by atoms with Crippen molar-refractivity contribution in [1.82, 2.24) is 9.55 Å². The Labute approximate surface area is 135 Å². The molecule has 0 bridgehead atoms. The minimum atomic E-state index is -0.918. The maximum Gasteiger partial charge on any atom is 0.261 e. The number of fused-ring (bicyclic) bond motifs is 1.